The average Bonchev–Trinajstić information content (AvgIpc) is 2.48. The van der Waals surface area contributed by atoms with Crippen molar-refractivity contribution in [3.8, 4) is 0 Å². The molecule has 0 aliphatic carbocycles. The van der Waals surface area contributed by atoms with Crippen LogP contribution < -0.4 is 0 Å². The van der Waals surface area contributed by atoms with Crippen molar-refractivity contribution in [2.45, 2.75) is 51.0 Å². The highest BCUT2D eigenvalue weighted by Gasteiger charge is 2.30. The summed E-state index contributed by atoms with van der Waals surface area (Å²) in [6.45, 7) is 7.11. The molecule has 1 aromatic carbocycles. The summed E-state index contributed by atoms with van der Waals surface area (Å²) in [6.07, 6.45) is 3.04. The molecule has 21 heavy (non-hydrogen) atoms. The fourth-order valence-corrected chi connectivity index (χ4v) is 4.04. The Morgan fingerprint density at radius 2 is 1.90 bits per heavy atom. The minimum atomic E-state index is -3.38. The number of rotatable bonds is 3. The van der Waals surface area contributed by atoms with Gasteiger partial charge in [-0.25, -0.2) is 8.42 Å². The normalized spacial score (nSPS) is 19.7. The van der Waals surface area contributed by atoms with Gasteiger partial charge < -0.3 is 4.74 Å². The monoisotopic (exact) mass is 313 g/mol. The summed E-state index contributed by atoms with van der Waals surface area (Å²) in [4.78, 5) is 0.404. The molecule has 0 saturated carbocycles. The number of ether oxygens (including phenoxy) is 1. The van der Waals surface area contributed by atoms with E-state index in [0.717, 1.165) is 18.4 Å². The fourth-order valence-electron chi connectivity index (χ4n) is 2.30. The van der Waals surface area contributed by atoms with E-state index in [9.17, 15) is 8.42 Å². The SMILES string of the molecule is CCC.COC1CCCN(S(=O)(=O)c2ccccc2C)C1. The van der Waals surface area contributed by atoms with Crippen molar-refractivity contribution in [2.75, 3.05) is 20.2 Å². The van der Waals surface area contributed by atoms with E-state index in [4.69, 9.17) is 4.74 Å². The number of methoxy groups -OCH3 is 1. The first-order valence-corrected chi connectivity index (χ1v) is 8.99. The number of nitrogens with zero attached hydrogens (tertiary/aromatic N) is 1. The van der Waals surface area contributed by atoms with Crippen molar-refractivity contribution >= 4 is 10.0 Å². The molecule has 1 atom stereocenters. The second-order valence-corrected chi connectivity index (χ2v) is 7.24. The van der Waals surface area contributed by atoms with E-state index in [1.807, 2.05) is 19.1 Å². The zero-order valence-corrected chi connectivity index (χ0v) is 14.3. The van der Waals surface area contributed by atoms with Crippen LogP contribution in [0.2, 0.25) is 0 Å². The van der Waals surface area contributed by atoms with Crippen LogP contribution in [0.25, 0.3) is 0 Å². The van der Waals surface area contributed by atoms with E-state index in [0.29, 0.717) is 18.0 Å². The lowest BCUT2D eigenvalue weighted by Crippen LogP contribution is -2.42. The number of hydrogen-bond acceptors (Lipinski definition) is 3. The van der Waals surface area contributed by atoms with E-state index in [1.54, 1.807) is 19.2 Å². The molecule has 0 amide bonds. The van der Waals surface area contributed by atoms with Crippen molar-refractivity contribution < 1.29 is 13.2 Å². The summed E-state index contributed by atoms with van der Waals surface area (Å²) >= 11 is 0. The van der Waals surface area contributed by atoms with Crippen molar-refractivity contribution in [3.05, 3.63) is 29.8 Å². The Balaban J connectivity index is 0.000000677. The molecule has 1 heterocycles. The highest BCUT2D eigenvalue weighted by molar-refractivity contribution is 7.89. The second kappa shape index (κ2) is 8.51. The summed E-state index contributed by atoms with van der Waals surface area (Å²) in [6, 6.07) is 7.10. The molecule has 1 aromatic rings. The molecule has 1 saturated heterocycles. The maximum atomic E-state index is 12.5. The standard InChI is InChI=1S/C13H19NO3S.C3H8/c1-11-6-3-4-8-13(11)18(15,16)14-9-5-7-12(10-14)17-2;1-3-2/h3-4,6,8,12H,5,7,9-10H2,1-2H3;3H2,1-2H3. The van der Waals surface area contributed by atoms with Gasteiger partial charge in [0.05, 0.1) is 11.0 Å². The number of sulfonamides is 1. The maximum Gasteiger partial charge on any atom is 0.243 e. The van der Waals surface area contributed by atoms with Gasteiger partial charge in [0.1, 0.15) is 0 Å². The van der Waals surface area contributed by atoms with Gasteiger partial charge >= 0.3 is 0 Å². The maximum absolute atomic E-state index is 12.5. The zero-order chi connectivity index (χ0) is 15.9. The first-order chi connectivity index (χ1) is 9.97. The minimum Gasteiger partial charge on any atom is -0.380 e. The molecule has 1 fully saturated rings. The minimum absolute atomic E-state index is 0.0116. The van der Waals surface area contributed by atoms with Crippen molar-refractivity contribution in [1.29, 1.82) is 0 Å². The summed E-state index contributed by atoms with van der Waals surface area (Å²) in [5.41, 5.74) is 0.789. The Kier molecular flexibility index (Phi) is 7.35. The van der Waals surface area contributed by atoms with Gasteiger partial charge in [-0.2, -0.15) is 4.31 Å². The van der Waals surface area contributed by atoms with E-state index in [2.05, 4.69) is 13.8 Å². The van der Waals surface area contributed by atoms with Gasteiger partial charge in [0.2, 0.25) is 10.0 Å². The highest BCUT2D eigenvalue weighted by Crippen LogP contribution is 2.23. The topological polar surface area (TPSA) is 46.6 Å². The fraction of sp³-hybridized carbons (Fsp3) is 0.625. The van der Waals surface area contributed by atoms with Crippen LogP contribution in [-0.4, -0.2) is 39.0 Å². The third kappa shape index (κ3) is 4.80. The van der Waals surface area contributed by atoms with E-state index >= 15 is 0 Å². The number of hydrogen-bond donors (Lipinski definition) is 0. The zero-order valence-electron chi connectivity index (χ0n) is 13.5. The van der Waals surface area contributed by atoms with Crippen LogP contribution in [0.3, 0.4) is 0 Å². The molecule has 2 rings (SSSR count). The predicted octanol–water partition coefficient (Wildman–Crippen LogP) is 3.21. The lowest BCUT2D eigenvalue weighted by Gasteiger charge is -2.31. The van der Waals surface area contributed by atoms with Gasteiger partial charge in [-0.1, -0.05) is 38.5 Å². The quantitative estimate of drug-likeness (QED) is 0.861. The van der Waals surface area contributed by atoms with Crippen LogP contribution in [0.5, 0.6) is 0 Å². The molecule has 120 valence electrons. The number of aryl methyl sites for hydroxylation is 1. The Bertz CT molecular complexity index is 528. The first kappa shape index (κ1) is 18.1. The lowest BCUT2D eigenvalue weighted by molar-refractivity contribution is 0.0572. The number of benzene rings is 1. The molecule has 0 bridgehead atoms. The van der Waals surface area contributed by atoms with Crippen LogP contribution in [0.1, 0.15) is 38.7 Å². The van der Waals surface area contributed by atoms with Crippen molar-refractivity contribution in [1.82, 2.24) is 4.31 Å². The van der Waals surface area contributed by atoms with Gasteiger partial charge in [0.25, 0.3) is 0 Å². The summed E-state index contributed by atoms with van der Waals surface area (Å²) in [5, 5.41) is 0. The van der Waals surface area contributed by atoms with Crippen LogP contribution >= 0.6 is 0 Å². The van der Waals surface area contributed by atoms with Gasteiger partial charge in [-0.15, -0.1) is 0 Å². The molecule has 0 aromatic heterocycles. The molecular formula is C16H27NO3S. The average molecular weight is 313 g/mol. The van der Waals surface area contributed by atoms with Crippen LogP contribution in [-0.2, 0) is 14.8 Å². The predicted molar refractivity (Wildman–Crippen MR) is 85.9 cm³/mol. The van der Waals surface area contributed by atoms with Crippen LogP contribution in [0.4, 0.5) is 0 Å². The Morgan fingerprint density at radius 3 is 2.48 bits per heavy atom. The third-order valence-corrected chi connectivity index (χ3v) is 5.41. The van der Waals surface area contributed by atoms with Crippen LogP contribution in [0.15, 0.2) is 29.2 Å². The molecule has 5 heteroatoms. The van der Waals surface area contributed by atoms with Crippen LogP contribution in [0, 0.1) is 6.92 Å². The third-order valence-electron chi connectivity index (χ3n) is 3.39. The summed E-state index contributed by atoms with van der Waals surface area (Å²) in [7, 11) is -1.75. The second-order valence-electron chi connectivity index (χ2n) is 5.34. The van der Waals surface area contributed by atoms with Gasteiger partial charge in [-0.3, -0.25) is 0 Å². The molecule has 1 aliphatic heterocycles. The summed E-state index contributed by atoms with van der Waals surface area (Å²) in [5.74, 6) is 0. The highest BCUT2D eigenvalue weighted by atomic mass is 32.2. The van der Waals surface area contributed by atoms with E-state index in [1.165, 1.54) is 10.7 Å². The largest absolute Gasteiger partial charge is 0.380 e. The van der Waals surface area contributed by atoms with Crippen molar-refractivity contribution in [3.63, 3.8) is 0 Å². The lowest BCUT2D eigenvalue weighted by atomic mass is 10.1. The molecule has 1 unspecified atom stereocenters. The molecule has 0 spiro atoms. The Morgan fingerprint density at radius 1 is 1.29 bits per heavy atom. The van der Waals surface area contributed by atoms with E-state index in [-0.39, 0.29) is 6.10 Å². The van der Waals surface area contributed by atoms with E-state index < -0.39 is 10.0 Å². The van der Waals surface area contributed by atoms with Gasteiger partial charge in [0, 0.05) is 20.2 Å². The Hall–Kier alpha value is -0.910. The Labute approximate surface area is 129 Å². The first-order valence-electron chi connectivity index (χ1n) is 7.55. The molecule has 4 nitrogen and oxygen atoms in total. The summed E-state index contributed by atoms with van der Waals surface area (Å²) < 4.78 is 31.9. The molecule has 0 radical (unpaired) electrons. The number of piperidine rings is 1. The van der Waals surface area contributed by atoms with Crippen molar-refractivity contribution in [2.24, 2.45) is 0 Å². The molecule has 1 aliphatic rings. The molecular weight excluding hydrogens is 286 g/mol. The van der Waals surface area contributed by atoms with Gasteiger partial charge in [-0.05, 0) is 31.4 Å². The molecule has 0 N–H and O–H groups in total. The smallest absolute Gasteiger partial charge is 0.243 e. The van der Waals surface area contributed by atoms with Gasteiger partial charge in [0.15, 0.2) is 0 Å².